The van der Waals surface area contributed by atoms with Gasteiger partial charge in [-0.05, 0) is 41.5 Å². The molecule has 0 spiro atoms. The number of hydrogen-bond acceptors (Lipinski definition) is 2. The first-order chi connectivity index (χ1) is 8.40. The van der Waals surface area contributed by atoms with Crippen molar-refractivity contribution in [3.8, 4) is 0 Å². The molecule has 0 aliphatic heterocycles. The molecule has 0 bridgehead atoms. The quantitative estimate of drug-likeness (QED) is 0.815. The van der Waals surface area contributed by atoms with E-state index in [1.165, 1.54) is 0 Å². The van der Waals surface area contributed by atoms with E-state index in [2.05, 4.69) is 46.8 Å². The molecule has 0 fully saturated rings. The minimum atomic E-state index is 0.534. The van der Waals surface area contributed by atoms with E-state index >= 15 is 0 Å². The predicted molar refractivity (Wildman–Crippen MR) is 74.7 cm³/mol. The zero-order chi connectivity index (χ0) is 13.7. The Balaban J connectivity index is 0.000000180. The van der Waals surface area contributed by atoms with Crippen LogP contribution in [-0.4, -0.2) is 19.1 Å². The molecule has 0 saturated carbocycles. The molecule has 100 valence electrons. The van der Waals surface area contributed by atoms with Crippen molar-refractivity contribution in [3.63, 3.8) is 0 Å². The van der Waals surface area contributed by atoms with Crippen LogP contribution in [0, 0.1) is 13.8 Å². The van der Waals surface area contributed by atoms with E-state index in [-0.39, 0.29) is 0 Å². The highest BCUT2D eigenvalue weighted by Crippen LogP contribution is 2.04. The zero-order valence-electron chi connectivity index (χ0n) is 12.3. The lowest BCUT2D eigenvalue weighted by Crippen LogP contribution is -1.95. The average Bonchev–Trinajstić information content (AvgIpc) is 2.88. The Bertz CT molecular complexity index is 421. The summed E-state index contributed by atoms with van der Waals surface area (Å²) >= 11 is 0. The minimum absolute atomic E-state index is 0.534. The third kappa shape index (κ3) is 4.35. The summed E-state index contributed by atoms with van der Waals surface area (Å²) in [7, 11) is 0. The summed E-state index contributed by atoms with van der Waals surface area (Å²) in [5.41, 5.74) is 2.17. The molecule has 0 amide bonds. The van der Waals surface area contributed by atoms with Gasteiger partial charge in [-0.25, -0.2) is 9.97 Å². The van der Waals surface area contributed by atoms with Crippen molar-refractivity contribution in [1.29, 1.82) is 0 Å². The van der Waals surface area contributed by atoms with E-state index in [9.17, 15) is 0 Å². The SMILES string of the molecule is Cc1cn(C(C)C)cn1.Cc1cn(C(C)C)cn1. The summed E-state index contributed by atoms with van der Waals surface area (Å²) in [6, 6.07) is 1.07. The number of aryl methyl sites for hydroxylation is 2. The highest BCUT2D eigenvalue weighted by Gasteiger charge is 1.95. The minimum Gasteiger partial charge on any atom is -0.335 e. The number of aromatic nitrogens is 4. The maximum atomic E-state index is 4.10. The summed E-state index contributed by atoms with van der Waals surface area (Å²) in [6.45, 7) is 12.6. The second-order valence-corrected chi connectivity index (χ2v) is 5.11. The Morgan fingerprint density at radius 2 is 1.11 bits per heavy atom. The van der Waals surface area contributed by atoms with Gasteiger partial charge in [0.15, 0.2) is 0 Å². The molecule has 0 N–H and O–H groups in total. The van der Waals surface area contributed by atoms with Crippen LogP contribution in [0.1, 0.15) is 51.2 Å². The average molecular weight is 248 g/mol. The summed E-state index contributed by atoms with van der Waals surface area (Å²) in [6.07, 6.45) is 7.81. The van der Waals surface area contributed by atoms with Crippen molar-refractivity contribution in [2.75, 3.05) is 0 Å². The highest BCUT2D eigenvalue weighted by atomic mass is 15.1. The predicted octanol–water partition coefficient (Wildman–Crippen LogP) is 3.54. The van der Waals surface area contributed by atoms with Crippen LogP contribution in [0.3, 0.4) is 0 Å². The van der Waals surface area contributed by atoms with Crippen molar-refractivity contribution in [1.82, 2.24) is 19.1 Å². The van der Waals surface area contributed by atoms with Gasteiger partial charge in [-0.3, -0.25) is 0 Å². The Morgan fingerprint density at radius 3 is 1.22 bits per heavy atom. The first-order valence-corrected chi connectivity index (χ1v) is 6.40. The molecule has 4 heteroatoms. The van der Waals surface area contributed by atoms with Crippen LogP contribution in [0.15, 0.2) is 25.0 Å². The molecule has 0 unspecified atom stereocenters. The Hall–Kier alpha value is -1.58. The molecule has 0 saturated heterocycles. The van der Waals surface area contributed by atoms with E-state index < -0.39 is 0 Å². The maximum absolute atomic E-state index is 4.10. The monoisotopic (exact) mass is 248 g/mol. The third-order valence-electron chi connectivity index (χ3n) is 2.65. The fraction of sp³-hybridized carbons (Fsp3) is 0.571. The molecule has 2 aromatic rings. The molecular formula is C14H24N4. The first-order valence-electron chi connectivity index (χ1n) is 6.40. The van der Waals surface area contributed by atoms with E-state index in [0.29, 0.717) is 12.1 Å². The topological polar surface area (TPSA) is 35.6 Å². The van der Waals surface area contributed by atoms with Gasteiger partial charge >= 0.3 is 0 Å². The number of rotatable bonds is 2. The fourth-order valence-corrected chi connectivity index (χ4v) is 1.45. The van der Waals surface area contributed by atoms with Crippen molar-refractivity contribution in [2.24, 2.45) is 0 Å². The molecule has 0 aromatic carbocycles. The first kappa shape index (κ1) is 14.5. The van der Waals surface area contributed by atoms with E-state index in [1.807, 2.05) is 38.9 Å². The van der Waals surface area contributed by atoms with Gasteiger partial charge in [-0.2, -0.15) is 0 Å². The van der Waals surface area contributed by atoms with E-state index in [1.54, 1.807) is 0 Å². The molecule has 0 aliphatic carbocycles. The lowest BCUT2D eigenvalue weighted by molar-refractivity contribution is 0.599. The molecule has 0 radical (unpaired) electrons. The Morgan fingerprint density at radius 1 is 0.778 bits per heavy atom. The van der Waals surface area contributed by atoms with Gasteiger partial charge in [0, 0.05) is 24.5 Å². The lowest BCUT2D eigenvalue weighted by Gasteiger charge is -2.02. The molecule has 0 aliphatic rings. The van der Waals surface area contributed by atoms with Gasteiger partial charge in [0.2, 0.25) is 0 Å². The maximum Gasteiger partial charge on any atom is 0.0951 e. The van der Waals surface area contributed by atoms with E-state index in [4.69, 9.17) is 0 Å². The van der Waals surface area contributed by atoms with Crippen molar-refractivity contribution >= 4 is 0 Å². The number of hydrogen-bond donors (Lipinski definition) is 0. The van der Waals surface area contributed by atoms with Gasteiger partial charge in [0.1, 0.15) is 0 Å². The lowest BCUT2D eigenvalue weighted by atomic mass is 10.4. The van der Waals surface area contributed by atoms with Crippen LogP contribution in [0.4, 0.5) is 0 Å². The van der Waals surface area contributed by atoms with Crippen LogP contribution < -0.4 is 0 Å². The molecule has 18 heavy (non-hydrogen) atoms. The van der Waals surface area contributed by atoms with Gasteiger partial charge in [-0.15, -0.1) is 0 Å². The summed E-state index contributed by atoms with van der Waals surface area (Å²) in [5.74, 6) is 0. The van der Waals surface area contributed by atoms with Crippen molar-refractivity contribution in [2.45, 2.75) is 53.6 Å². The van der Waals surface area contributed by atoms with Gasteiger partial charge in [-0.1, -0.05) is 0 Å². The molecule has 0 atom stereocenters. The Labute approximate surface area is 110 Å². The second kappa shape index (κ2) is 6.38. The second-order valence-electron chi connectivity index (χ2n) is 5.11. The van der Waals surface area contributed by atoms with Gasteiger partial charge in [0.05, 0.1) is 24.0 Å². The third-order valence-corrected chi connectivity index (χ3v) is 2.65. The molecule has 4 nitrogen and oxygen atoms in total. The van der Waals surface area contributed by atoms with Crippen LogP contribution in [-0.2, 0) is 0 Å². The molecule has 2 heterocycles. The molecular weight excluding hydrogens is 224 g/mol. The molecule has 2 rings (SSSR count). The summed E-state index contributed by atoms with van der Waals surface area (Å²) in [5, 5.41) is 0. The largest absolute Gasteiger partial charge is 0.335 e. The van der Waals surface area contributed by atoms with Crippen LogP contribution in [0.25, 0.3) is 0 Å². The summed E-state index contributed by atoms with van der Waals surface area (Å²) in [4.78, 5) is 8.20. The van der Waals surface area contributed by atoms with Crippen LogP contribution in [0.2, 0.25) is 0 Å². The number of nitrogens with zero attached hydrogens (tertiary/aromatic N) is 4. The van der Waals surface area contributed by atoms with Crippen LogP contribution >= 0.6 is 0 Å². The normalized spacial score (nSPS) is 10.7. The standard InChI is InChI=1S/2C7H12N2/c2*1-6(2)9-4-7(3)8-5-9/h2*4-6H,1-3H3. The van der Waals surface area contributed by atoms with Crippen molar-refractivity contribution < 1.29 is 0 Å². The van der Waals surface area contributed by atoms with E-state index in [0.717, 1.165) is 11.4 Å². The smallest absolute Gasteiger partial charge is 0.0951 e. The Kier molecular flexibility index (Phi) is 5.13. The molecule has 2 aromatic heterocycles. The summed E-state index contributed by atoms with van der Waals surface area (Å²) < 4.78 is 4.19. The van der Waals surface area contributed by atoms with Gasteiger partial charge < -0.3 is 9.13 Å². The van der Waals surface area contributed by atoms with Crippen LogP contribution in [0.5, 0.6) is 0 Å². The fourth-order valence-electron chi connectivity index (χ4n) is 1.45. The number of imidazole rings is 2. The van der Waals surface area contributed by atoms with Crippen molar-refractivity contribution in [3.05, 3.63) is 36.4 Å². The van der Waals surface area contributed by atoms with Gasteiger partial charge in [0.25, 0.3) is 0 Å². The highest BCUT2D eigenvalue weighted by molar-refractivity contribution is 4.93. The zero-order valence-corrected chi connectivity index (χ0v) is 12.3.